The number of nitrogens with zero attached hydrogens (tertiary/aromatic N) is 2. The number of fused-ring (bicyclic) bond motifs is 3. The van der Waals surface area contributed by atoms with Gasteiger partial charge in [-0.3, -0.25) is 24.1 Å². The number of amides is 4. The van der Waals surface area contributed by atoms with Crippen molar-refractivity contribution in [3.8, 4) is 5.75 Å². The molecule has 0 aromatic heterocycles. The first kappa shape index (κ1) is 22.3. The SMILES string of the molecule is CC12CCC(=O)N1c1ccccc1C(=O)N2CCC(=O)Nc1cccc(OCCC(N)=O)c1. The van der Waals surface area contributed by atoms with Gasteiger partial charge in [0.15, 0.2) is 0 Å². The summed E-state index contributed by atoms with van der Waals surface area (Å²) in [4.78, 5) is 52.7. The van der Waals surface area contributed by atoms with Crippen LogP contribution in [0.25, 0.3) is 0 Å². The molecule has 33 heavy (non-hydrogen) atoms. The van der Waals surface area contributed by atoms with Crippen LogP contribution in [0.3, 0.4) is 0 Å². The summed E-state index contributed by atoms with van der Waals surface area (Å²) in [5.41, 5.74) is 5.94. The largest absolute Gasteiger partial charge is 0.493 e. The minimum absolute atomic E-state index is 0.0277. The number of benzene rings is 2. The van der Waals surface area contributed by atoms with Gasteiger partial charge in [-0.25, -0.2) is 0 Å². The van der Waals surface area contributed by atoms with E-state index in [0.717, 1.165) is 0 Å². The second-order valence-corrected chi connectivity index (χ2v) is 8.31. The van der Waals surface area contributed by atoms with Gasteiger partial charge in [-0.2, -0.15) is 0 Å². The zero-order valence-electron chi connectivity index (χ0n) is 18.4. The quantitative estimate of drug-likeness (QED) is 0.639. The van der Waals surface area contributed by atoms with Crippen LogP contribution >= 0.6 is 0 Å². The maximum absolute atomic E-state index is 13.2. The summed E-state index contributed by atoms with van der Waals surface area (Å²) in [7, 11) is 0. The van der Waals surface area contributed by atoms with Gasteiger partial charge in [-0.05, 0) is 37.6 Å². The maximum atomic E-state index is 13.2. The fourth-order valence-electron chi connectivity index (χ4n) is 4.41. The Morgan fingerprint density at radius 1 is 1.12 bits per heavy atom. The summed E-state index contributed by atoms with van der Waals surface area (Å²) >= 11 is 0. The third kappa shape index (κ3) is 4.39. The smallest absolute Gasteiger partial charge is 0.257 e. The molecule has 1 saturated heterocycles. The molecule has 2 aromatic rings. The van der Waals surface area contributed by atoms with Gasteiger partial charge < -0.3 is 20.7 Å². The normalized spacial score (nSPS) is 19.2. The van der Waals surface area contributed by atoms with Gasteiger partial charge in [-0.1, -0.05) is 18.2 Å². The minimum Gasteiger partial charge on any atom is -0.493 e. The molecule has 9 nitrogen and oxygen atoms in total. The topological polar surface area (TPSA) is 122 Å². The summed E-state index contributed by atoms with van der Waals surface area (Å²) in [5, 5.41) is 2.81. The Hall–Kier alpha value is -3.88. The van der Waals surface area contributed by atoms with Gasteiger partial charge in [-0.15, -0.1) is 0 Å². The van der Waals surface area contributed by atoms with Crippen LogP contribution < -0.4 is 20.7 Å². The number of para-hydroxylation sites is 1. The Morgan fingerprint density at radius 3 is 2.70 bits per heavy atom. The van der Waals surface area contributed by atoms with Gasteiger partial charge in [0.1, 0.15) is 11.4 Å². The van der Waals surface area contributed by atoms with Gasteiger partial charge in [0, 0.05) is 31.1 Å². The van der Waals surface area contributed by atoms with E-state index in [1.165, 1.54) is 0 Å². The number of nitrogens with two attached hydrogens (primary N) is 1. The average Bonchev–Trinajstić information content (AvgIpc) is 3.09. The van der Waals surface area contributed by atoms with Gasteiger partial charge in [0.25, 0.3) is 5.91 Å². The number of nitrogens with one attached hydrogen (secondary N) is 1. The standard InChI is InChI=1S/C24H26N4O5/c1-24-12-9-22(31)28(24)19-8-3-2-7-18(19)23(32)27(24)13-10-21(30)26-16-5-4-6-17(15-16)33-14-11-20(25)29/h2-8,15H,9-14H2,1H3,(H2,25,29)(H,26,30). The lowest BCUT2D eigenvalue weighted by molar-refractivity contribution is -0.119. The molecule has 1 fully saturated rings. The Balaban J connectivity index is 1.43. The van der Waals surface area contributed by atoms with Crippen LogP contribution in [0.5, 0.6) is 5.75 Å². The number of carbonyl (C=O) groups is 4. The number of hydrogen-bond acceptors (Lipinski definition) is 5. The van der Waals surface area contributed by atoms with Crippen LogP contribution in [-0.4, -0.2) is 47.3 Å². The molecule has 4 rings (SSSR count). The number of primary amides is 1. The highest BCUT2D eigenvalue weighted by Gasteiger charge is 2.52. The molecule has 2 aliphatic rings. The molecule has 9 heteroatoms. The van der Waals surface area contributed by atoms with E-state index < -0.39 is 11.6 Å². The first-order valence-electron chi connectivity index (χ1n) is 10.8. The molecule has 0 spiro atoms. The highest BCUT2D eigenvalue weighted by atomic mass is 16.5. The zero-order valence-corrected chi connectivity index (χ0v) is 18.4. The lowest BCUT2D eigenvalue weighted by Gasteiger charge is -2.48. The molecule has 2 aromatic carbocycles. The van der Waals surface area contributed by atoms with Gasteiger partial charge in [0.05, 0.1) is 24.3 Å². The Morgan fingerprint density at radius 2 is 1.91 bits per heavy atom. The lowest BCUT2D eigenvalue weighted by Crippen LogP contribution is -2.62. The molecule has 1 atom stereocenters. The molecule has 4 amide bonds. The van der Waals surface area contributed by atoms with Crippen LogP contribution in [0, 0.1) is 0 Å². The molecule has 2 aliphatic heterocycles. The summed E-state index contributed by atoms with van der Waals surface area (Å²) in [6.07, 6.45) is 1.03. The average molecular weight is 450 g/mol. The number of hydrogen-bond donors (Lipinski definition) is 2. The second kappa shape index (κ2) is 8.93. The first-order chi connectivity index (χ1) is 15.8. The lowest BCUT2D eigenvalue weighted by atomic mass is 9.98. The van der Waals surface area contributed by atoms with Gasteiger partial charge in [0.2, 0.25) is 17.7 Å². The van der Waals surface area contributed by atoms with Crippen molar-refractivity contribution in [3.63, 3.8) is 0 Å². The molecular formula is C24H26N4O5. The molecule has 172 valence electrons. The van der Waals surface area contributed by atoms with E-state index in [-0.39, 0.29) is 43.7 Å². The zero-order chi connectivity index (χ0) is 23.6. The van der Waals surface area contributed by atoms with Crippen molar-refractivity contribution in [2.45, 2.75) is 38.3 Å². The number of rotatable bonds is 8. The number of anilines is 2. The summed E-state index contributed by atoms with van der Waals surface area (Å²) in [6, 6.07) is 13.9. The van der Waals surface area contributed by atoms with E-state index in [1.54, 1.807) is 52.3 Å². The fourth-order valence-corrected chi connectivity index (χ4v) is 4.41. The monoisotopic (exact) mass is 450 g/mol. The van der Waals surface area contributed by atoms with Crippen LogP contribution in [0.2, 0.25) is 0 Å². The summed E-state index contributed by atoms with van der Waals surface area (Å²) in [6.45, 7) is 2.20. The van der Waals surface area contributed by atoms with Crippen LogP contribution in [0.15, 0.2) is 48.5 Å². The predicted octanol–water partition coefficient (Wildman–Crippen LogP) is 2.27. The van der Waals surface area contributed by atoms with Crippen LogP contribution in [-0.2, 0) is 14.4 Å². The molecule has 3 N–H and O–H groups in total. The van der Waals surface area contributed by atoms with Crippen molar-refractivity contribution in [3.05, 3.63) is 54.1 Å². The highest BCUT2D eigenvalue weighted by Crippen LogP contribution is 2.43. The predicted molar refractivity (Wildman–Crippen MR) is 122 cm³/mol. The van der Waals surface area contributed by atoms with Crippen molar-refractivity contribution in [2.75, 3.05) is 23.4 Å². The second-order valence-electron chi connectivity index (χ2n) is 8.31. The van der Waals surface area contributed by atoms with E-state index in [9.17, 15) is 19.2 Å². The van der Waals surface area contributed by atoms with Crippen molar-refractivity contribution >= 4 is 35.0 Å². The van der Waals surface area contributed by atoms with Crippen molar-refractivity contribution in [1.82, 2.24) is 4.90 Å². The van der Waals surface area contributed by atoms with E-state index in [4.69, 9.17) is 10.5 Å². The summed E-state index contributed by atoms with van der Waals surface area (Å²) in [5.74, 6) is -0.429. The summed E-state index contributed by atoms with van der Waals surface area (Å²) < 4.78 is 5.47. The molecule has 0 radical (unpaired) electrons. The molecule has 1 unspecified atom stereocenters. The third-order valence-electron chi connectivity index (χ3n) is 6.04. The van der Waals surface area contributed by atoms with E-state index >= 15 is 0 Å². The maximum Gasteiger partial charge on any atom is 0.257 e. The Kier molecular flexibility index (Phi) is 6.04. The molecule has 0 bridgehead atoms. The third-order valence-corrected chi connectivity index (χ3v) is 6.04. The van der Waals surface area contributed by atoms with Crippen molar-refractivity contribution in [1.29, 1.82) is 0 Å². The minimum atomic E-state index is -0.795. The van der Waals surface area contributed by atoms with Crippen molar-refractivity contribution < 1.29 is 23.9 Å². The van der Waals surface area contributed by atoms with E-state index in [1.807, 2.05) is 13.0 Å². The first-order valence-corrected chi connectivity index (χ1v) is 10.8. The molecular weight excluding hydrogens is 424 g/mol. The van der Waals surface area contributed by atoms with E-state index in [2.05, 4.69) is 5.32 Å². The van der Waals surface area contributed by atoms with Crippen LogP contribution in [0.1, 0.15) is 43.0 Å². The molecule has 2 heterocycles. The number of carbonyl (C=O) groups excluding carboxylic acids is 4. The molecule has 0 aliphatic carbocycles. The fraction of sp³-hybridized carbons (Fsp3) is 0.333. The Labute approximate surface area is 191 Å². The van der Waals surface area contributed by atoms with Gasteiger partial charge >= 0.3 is 0 Å². The Bertz CT molecular complexity index is 1120. The van der Waals surface area contributed by atoms with Crippen molar-refractivity contribution in [2.24, 2.45) is 5.73 Å². The molecule has 0 saturated carbocycles. The highest BCUT2D eigenvalue weighted by molar-refractivity contribution is 6.10. The van der Waals surface area contributed by atoms with E-state index in [0.29, 0.717) is 35.5 Å². The number of ether oxygens (including phenoxy) is 1. The van der Waals surface area contributed by atoms with Crippen LogP contribution in [0.4, 0.5) is 11.4 Å².